The van der Waals surface area contributed by atoms with Crippen molar-refractivity contribution in [1.82, 2.24) is 9.88 Å². The summed E-state index contributed by atoms with van der Waals surface area (Å²) in [7, 11) is 0. The number of hydrogen-bond acceptors (Lipinski definition) is 5. The molecule has 1 aliphatic heterocycles. The van der Waals surface area contributed by atoms with Crippen LogP contribution in [0.3, 0.4) is 0 Å². The average Bonchev–Trinajstić information content (AvgIpc) is 3.12. The third-order valence-corrected chi connectivity index (χ3v) is 4.44. The first-order valence-corrected chi connectivity index (χ1v) is 8.23. The first kappa shape index (κ1) is 15.9. The van der Waals surface area contributed by atoms with Crippen LogP contribution < -0.4 is 5.32 Å². The largest absolute Gasteiger partial charge is 0.468 e. The van der Waals surface area contributed by atoms with Crippen molar-refractivity contribution in [2.75, 3.05) is 25.0 Å². The zero-order valence-electron chi connectivity index (χ0n) is 12.8. The van der Waals surface area contributed by atoms with E-state index in [0.717, 1.165) is 18.8 Å². The van der Waals surface area contributed by atoms with Gasteiger partial charge in [-0.25, -0.2) is 4.98 Å². The number of nitrogens with zero attached hydrogens (tertiary/aromatic N) is 3. The number of nitrogens with one attached hydrogen (secondary N) is 1. The third kappa shape index (κ3) is 3.84. The zero-order chi connectivity index (χ0) is 16.1. The number of nitriles is 1. The Morgan fingerprint density at radius 1 is 1.30 bits per heavy atom. The standard InChI is InChI=1S/C17H19ClN4O/c18-13-6-7-17(21-14(13)11-19)20-12-15(16-5-4-10-23-16)22-8-2-1-3-9-22/h4-7,10,15H,1-3,8-9,12H2,(H,20,21). The first-order chi connectivity index (χ1) is 11.3. The van der Waals surface area contributed by atoms with Crippen LogP contribution in [0.2, 0.25) is 5.02 Å². The summed E-state index contributed by atoms with van der Waals surface area (Å²) in [5, 5.41) is 12.7. The molecule has 0 saturated carbocycles. The van der Waals surface area contributed by atoms with Gasteiger partial charge in [-0.15, -0.1) is 0 Å². The van der Waals surface area contributed by atoms with Gasteiger partial charge in [-0.3, -0.25) is 4.90 Å². The Morgan fingerprint density at radius 2 is 2.13 bits per heavy atom. The predicted molar refractivity (Wildman–Crippen MR) is 89.3 cm³/mol. The summed E-state index contributed by atoms with van der Waals surface area (Å²) in [6.07, 6.45) is 5.43. The van der Waals surface area contributed by atoms with E-state index in [-0.39, 0.29) is 11.7 Å². The van der Waals surface area contributed by atoms with Gasteiger partial charge in [-0.1, -0.05) is 18.0 Å². The zero-order valence-corrected chi connectivity index (χ0v) is 13.6. The lowest BCUT2D eigenvalue weighted by molar-refractivity contribution is 0.153. The number of likely N-dealkylation sites (tertiary alicyclic amines) is 1. The molecule has 2 aromatic rings. The van der Waals surface area contributed by atoms with Crippen LogP contribution in [0.5, 0.6) is 0 Å². The van der Waals surface area contributed by atoms with Crippen LogP contribution in [0, 0.1) is 11.3 Å². The number of aromatic nitrogens is 1. The Hall–Kier alpha value is -2.03. The second-order valence-corrected chi connectivity index (χ2v) is 6.05. The quantitative estimate of drug-likeness (QED) is 0.902. The normalized spacial score (nSPS) is 16.7. The van der Waals surface area contributed by atoms with Gasteiger partial charge in [0.15, 0.2) is 5.69 Å². The molecule has 1 N–H and O–H groups in total. The molecule has 3 rings (SSSR count). The van der Waals surface area contributed by atoms with Gasteiger partial charge in [0, 0.05) is 6.54 Å². The molecule has 120 valence electrons. The fourth-order valence-corrected chi connectivity index (χ4v) is 3.09. The number of piperidine rings is 1. The highest BCUT2D eigenvalue weighted by Crippen LogP contribution is 2.26. The number of anilines is 1. The van der Waals surface area contributed by atoms with Gasteiger partial charge in [0.25, 0.3) is 0 Å². The third-order valence-electron chi connectivity index (χ3n) is 4.13. The van der Waals surface area contributed by atoms with Gasteiger partial charge in [-0.05, 0) is 50.2 Å². The fraction of sp³-hybridized carbons (Fsp3) is 0.412. The second-order valence-electron chi connectivity index (χ2n) is 5.65. The van der Waals surface area contributed by atoms with Crippen molar-refractivity contribution < 1.29 is 4.42 Å². The molecule has 1 aliphatic rings. The second kappa shape index (κ2) is 7.49. The van der Waals surface area contributed by atoms with Crippen LogP contribution in [0.4, 0.5) is 5.82 Å². The van der Waals surface area contributed by atoms with Crippen molar-refractivity contribution in [2.45, 2.75) is 25.3 Å². The molecule has 2 aromatic heterocycles. The predicted octanol–water partition coefficient (Wildman–Crippen LogP) is 3.84. The Labute approximate surface area is 140 Å². The molecule has 1 unspecified atom stereocenters. The molecule has 0 aromatic carbocycles. The summed E-state index contributed by atoms with van der Waals surface area (Å²) in [5.74, 6) is 1.60. The van der Waals surface area contributed by atoms with E-state index in [1.807, 2.05) is 18.2 Å². The summed E-state index contributed by atoms with van der Waals surface area (Å²) in [6.45, 7) is 2.82. The van der Waals surface area contributed by atoms with E-state index in [1.165, 1.54) is 19.3 Å². The van der Waals surface area contributed by atoms with E-state index in [0.29, 0.717) is 17.4 Å². The molecule has 0 spiro atoms. The molecule has 1 fully saturated rings. The SMILES string of the molecule is N#Cc1nc(NCC(c2ccco2)N2CCCCC2)ccc1Cl. The van der Waals surface area contributed by atoms with Gasteiger partial charge in [0.05, 0.1) is 17.3 Å². The summed E-state index contributed by atoms with van der Waals surface area (Å²) in [6, 6.07) is 9.57. The van der Waals surface area contributed by atoms with Crippen LogP contribution in [-0.4, -0.2) is 29.5 Å². The topological polar surface area (TPSA) is 65.1 Å². The monoisotopic (exact) mass is 330 g/mol. The van der Waals surface area contributed by atoms with Gasteiger partial charge in [0.1, 0.15) is 17.6 Å². The summed E-state index contributed by atoms with van der Waals surface area (Å²) >= 11 is 5.93. The molecule has 0 aliphatic carbocycles. The van der Waals surface area contributed by atoms with Gasteiger partial charge >= 0.3 is 0 Å². The molecule has 23 heavy (non-hydrogen) atoms. The molecule has 0 bridgehead atoms. The number of pyridine rings is 1. The number of hydrogen-bond donors (Lipinski definition) is 1. The highest BCUT2D eigenvalue weighted by molar-refractivity contribution is 6.31. The molecule has 1 atom stereocenters. The number of rotatable bonds is 5. The molecule has 0 radical (unpaired) electrons. The van der Waals surface area contributed by atoms with Crippen molar-refractivity contribution in [3.05, 3.63) is 47.0 Å². The average molecular weight is 331 g/mol. The summed E-state index contributed by atoms with van der Waals surface area (Å²) in [5.41, 5.74) is 0.240. The van der Waals surface area contributed by atoms with Crippen molar-refractivity contribution in [3.8, 4) is 6.07 Å². The molecule has 3 heterocycles. The summed E-state index contributed by atoms with van der Waals surface area (Å²) in [4.78, 5) is 6.68. The van der Waals surface area contributed by atoms with Crippen molar-refractivity contribution in [1.29, 1.82) is 5.26 Å². The molecule has 5 nitrogen and oxygen atoms in total. The Bertz CT molecular complexity index is 674. The van der Waals surface area contributed by atoms with E-state index in [1.54, 1.807) is 18.4 Å². The Morgan fingerprint density at radius 3 is 2.83 bits per heavy atom. The molecular weight excluding hydrogens is 312 g/mol. The molecule has 6 heteroatoms. The van der Waals surface area contributed by atoms with Crippen LogP contribution in [-0.2, 0) is 0 Å². The molecule has 1 saturated heterocycles. The van der Waals surface area contributed by atoms with Crippen LogP contribution in [0.15, 0.2) is 34.9 Å². The maximum atomic E-state index is 9.03. The van der Waals surface area contributed by atoms with Crippen LogP contribution in [0.25, 0.3) is 0 Å². The fourth-order valence-electron chi connectivity index (χ4n) is 2.94. The van der Waals surface area contributed by atoms with Crippen molar-refractivity contribution in [2.24, 2.45) is 0 Å². The first-order valence-electron chi connectivity index (χ1n) is 7.86. The highest BCUT2D eigenvalue weighted by atomic mass is 35.5. The minimum atomic E-state index is 0.160. The Balaban J connectivity index is 1.73. The molecular formula is C17H19ClN4O. The van der Waals surface area contributed by atoms with Crippen molar-refractivity contribution in [3.63, 3.8) is 0 Å². The van der Waals surface area contributed by atoms with Crippen LogP contribution >= 0.6 is 11.6 Å². The van der Waals surface area contributed by atoms with Crippen molar-refractivity contribution >= 4 is 17.4 Å². The molecule has 0 amide bonds. The van der Waals surface area contributed by atoms with Gasteiger partial charge in [0.2, 0.25) is 0 Å². The van der Waals surface area contributed by atoms with Gasteiger partial charge < -0.3 is 9.73 Å². The number of furan rings is 1. The highest BCUT2D eigenvalue weighted by Gasteiger charge is 2.24. The minimum Gasteiger partial charge on any atom is -0.468 e. The Kier molecular flexibility index (Phi) is 5.16. The maximum Gasteiger partial charge on any atom is 0.161 e. The van der Waals surface area contributed by atoms with E-state index < -0.39 is 0 Å². The maximum absolute atomic E-state index is 9.03. The van der Waals surface area contributed by atoms with E-state index in [9.17, 15) is 0 Å². The van der Waals surface area contributed by atoms with E-state index in [2.05, 4.69) is 15.2 Å². The smallest absolute Gasteiger partial charge is 0.161 e. The summed E-state index contributed by atoms with van der Waals surface area (Å²) < 4.78 is 5.63. The van der Waals surface area contributed by atoms with Gasteiger partial charge in [-0.2, -0.15) is 5.26 Å². The van der Waals surface area contributed by atoms with E-state index in [4.69, 9.17) is 21.3 Å². The van der Waals surface area contributed by atoms with E-state index >= 15 is 0 Å². The lowest BCUT2D eigenvalue weighted by Gasteiger charge is -2.33. The minimum absolute atomic E-state index is 0.160. The number of halogens is 1. The lowest BCUT2D eigenvalue weighted by atomic mass is 10.1. The lowest BCUT2D eigenvalue weighted by Crippen LogP contribution is -2.37. The van der Waals surface area contributed by atoms with Crippen LogP contribution in [0.1, 0.15) is 36.8 Å².